The maximum Gasteiger partial charge on any atom is 0.330 e. The van der Waals surface area contributed by atoms with Crippen molar-refractivity contribution in [2.75, 3.05) is 31.7 Å². The molecule has 1 aromatic heterocycles. The van der Waals surface area contributed by atoms with Crippen molar-refractivity contribution < 1.29 is 47.7 Å². The Hall–Kier alpha value is -5.90. The number of carbonyl (C=O) groups is 6. The third-order valence-electron chi connectivity index (χ3n) is 10.0. The second-order valence-electron chi connectivity index (χ2n) is 14.0. The van der Waals surface area contributed by atoms with Crippen LogP contribution in [0.4, 0.5) is 5.13 Å². The molecule has 2 amide bonds. The van der Waals surface area contributed by atoms with E-state index in [2.05, 4.69) is 39.3 Å². The SMILES string of the molecule is C=CC(=O)OCCCCNC(=O)C1CCC(C(=O)Oc2ccc(OC(=O)C3CCC(C(=O)NCCOC(=O)C=C)CC3)cc2/C=N/Nc2nc3ccccc3s2)CC1. The highest BCUT2D eigenvalue weighted by molar-refractivity contribution is 7.22. The molecular formula is C42H49N5O10S. The lowest BCUT2D eigenvalue weighted by Gasteiger charge is -2.27. The van der Waals surface area contributed by atoms with Gasteiger partial charge in [-0.2, -0.15) is 5.10 Å². The molecule has 0 aliphatic heterocycles. The van der Waals surface area contributed by atoms with Gasteiger partial charge in [0.25, 0.3) is 0 Å². The van der Waals surface area contributed by atoms with Crippen LogP contribution in [0.15, 0.2) is 72.9 Å². The highest BCUT2D eigenvalue weighted by Gasteiger charge is 2.33. The van der Waals surface area contributed by atoms with Crippen molar-refractivity contribution in [1.82, 2.24) is 15.6 Å². The maximum atomic E-state index is 13.4. The second-order valence-corrected chi connectivity index (χ2v) is 15.1. The van der Waals surface area contributed by atoms with Crippen LogP contribution in [0, 0.1) is 23.7 Å². The number of benzene rings is 2. The zero-order valence-electron chi connectivity index (χ0n) is 32.3. The molecule has 2 aromatic carbocycles. The van der Waals surface area contributed by atoms with Gasteiger partial charge in [0.1, 0.15) is 18.1 Å². The molecular weight excluding hydrogens is 767 g/mol. The fourth-order valence-electron chi connectivity index (χ4n) is 6.78. The summed E-state index contributed by atoms with van der Waals surface area (Å²) in [5.74, 6) is -2.90. The van der Waals surface area contributed by atoms with Gasteiger partial charge in [-0.1, -0.05) is 36.6 Å². The van der Waals surface area contributed by atoms with Crippen LogP contribution in [0.5, 0.6) is 11.5 Å². The Morgan fingerprint density at radius 1 is 0.724 bits per heavy atom. The predicted octanol–water partition coefficient (Wildman–Crippen LogP) is 5.64. The summed E-state index contributed by atoms with van der Waals surface area (Å²) < 4.78 is 22.5. The largest absolute Gasteiger partial charge is 0.463 e. The molecule has 3 N–H and O–H groups in total. The summed E-state index contributed by atoms with van der Waals surface area (Å²) in [6, 6.07) is 12.4. The van der Waals surface area contributed by atoms with Gasteiger partial charge in [-0.05, 0) is 94.5 Å². The van der Waals surface area contributed by atoms with Crippen LogP contribution >= 0.6 is 11.3 Å². The first kappa shape index (κ1) is 43.2. The number of ether oxygens (including phenoxy) is 4. The van der Waals surface area contributed by atoms with E-state index in [-0.39, 0.29) is 54.9 Å². The number of hydrogen-bond acceptors (Lipinski definition) is 14. The fourth-order valence-corrected chi connectivity index (χ4v) is 7.59. The molecule has 308 valence electrons. The van der Waals surface area contributed by atoms with E-state index < -0.39 is 35.7 Å². The first-order valence-electron chi connectivity index (χ1n) is 19.5. The molecule has 2 aliphatic rings. The van der Waals surface area contributed by atoms with E-state index >= 15 is 0 Å². The van der Waals surface area contributed by atoms with Gasteiger partial charge in [-0.25, -0.2) is 14.6 Å². The van der Waals surface area contributed by atoms with Crippen LogP contribution in [0.3, 0.4) is 0 Å². The van der Waals surface area contributed by atoms with Crippen molar-refractivity contribution >= 4 is 68.6 Å². The van der Waals surface area contributed by atoms with Gasteiger partial charge < -0.3 is 29.6 Å². The summed E-state index contributed by atoms with van der Waals surface area (Å²) in [5, 5.41) is 10.6. The van der Waals surface area contributed by atoms with E-state index in [4.69, 9.17) is 18.9 Å². The fraction of sp³-hybridized carbons (Fsp3) is 0.429. The maximum absolute atomic E-state index is 13.4. The Labute approximate surface area is 340 Å². The van der Waals surface area contributed by atoms with Crippen LogP contribution in [0.1, 0.15) is 69.8 Å². The molecule has 0 saturated heterocycles. The van der Waals surface area contributed by atoms with Crippen LogP contribution < -0.4 is 25.5 Å². The molecule has 5 rings (SSSR count). The molecule has 0 atom stereocenters. The number of rotatable bonds is 19. The number of fused-ring (bicyclic) bond motifs is 1. The number of aromatic nitrogens is 1. The second kappa shape index (κ2) is 22.1. The lowest BCUT2D eigenvalue weighted by Crippen LogP contribution is -2.36. The molecule has 2 saturated carbocycles. The van der Waals surface area contributed by atoms with Crippen LogP contribution in [0.25, 0.3) is 10.2 Å². The number of nitrogens with one attached hydrogen (secondary N) is 3. The molecule has 2 aliphatic carbocycles. The summed E-state index contributed by atoms with van der Waals surface area (Å²) in [5.41, 5.74) is 4.14. The quantitative estimate of drug-likeness (QED) is 0.0337. The van der Waals surface area contributed by atoms with Crippen molar-refractivity contribution in [3.63, 3.8) is 0 Å². The Kier molecular flexibility index (Phi) is 16.5. The molecule has 0 spiro atoms. The third-order valence-corrected chi connectivity index (χ3v) is 11.0. The van der Waals surface area contributed by atoms with E-state index in [1.807, 2.05) is 24.3 Å². The minimum absolute atomic E-state index is 0.0459. The molecule has 0 radical (unpaired) electrons. The summed E-state index contributed by atoms with van der Waals surface area (Å²) in [4.78, 5) is 78.9. The number of unbranched alkanes of at least 4 members (excludes halogenated alkanes) is 1. The predicted molar refractivity (Wildman–Crippen MR) is 217 cm³/mol. The zero-order chi connectivity index (χ0) is 41.3. The first-order valence-corrected chi connectivity index (χ1v) is 20.3. The number of para-hydroxylation sites is 1. The first-order chi connectivity index (χ1) is 28.1. The van der Waals surface area contributed by atoms with Gasteiger partial charge in [0, 0.05) is 36.1 Å². The summed E-state index contributed by atoms with van der Waals surface area (Å²) in [6.07, 6.45) is 8.93. The van der Waals surface area contributed by atoms with Gasteiger partial charge >= 0.3 is 23.9 Å². The molecule has 0 bridgehead atoms. The van der Waals surface area contributed by atoms with E-state index in [1.54, 1.807) is 18.2 Å². The Morgan fingerprint density at radius 2 is 1.31 bits per heavy atom. The van der Waals surface area contributed by atoms with Crippen LogP contribution in [-0.2, 0) is 38.2 Å². The van der Waals surface area contributed by atoms with Crippen molar-refractivity contribution in [3.8, 4) is 11.5 Å². The number of carbonyl (C=O) groups excluding carboxylic acids is 6. The van der Waals surface area contributed by atoms with Gasteiger partial charge in [-0.3, -0.25) is 24.6 Å². The highest BCUT2D eigenvalue weighted by atomic mass is 32.1. The van der Waals surface area contributed by atoms with E-state index in [0.717, 1.165) is 22.4 Å². The molecule has 15 nitrogen and oxygen atoms in total. The highest BCUT2D eigenvalue weighted by Crippen LogP contribution is 2.33. The molecule has 1 heterocycles. The van der Waals surface area contributed by atoms with E-state index in [9.17, 15) is 28.8 Å². The minimum Gasteiger partial charge on any atom is -0.463 e. The van der Waals surface area contributed by atoms with Crippen LogP contribution in [0.2, 0.25) is 0 Å². The minimum atomic E-state index is -0.557. The number of thiazole rings is 1. The summed E-state index contributed by atoms with van der Waals surface area (Å²) in [6.45, 7) is 7.66. The van der Waals surface area contributed by atoms with E-state index in [1.165, 1.54) is 17.6 Å². The number of amides is 2. The number of hydrogen-bond donors (Lipinski definition) is 3. The Morgan fingerprint density at radius 3 is 1.95 bits per heavy atom. The molecule has 3 aromatic rings. The smallest absolute Gasteiger partial charge is 0.330 e. The van der Waals surface area contributed by atoms with Crippen molar-refractivity contribution in [3.05, 3.63) is 73.3 Å². The molecule has 0 unspecified atom stereocenters. The average Bonchev–Trinajstić information content (AvgIpc) is 3.67. The van der Waals surface area contributed by atoms with Gasteiger partial charge in [0.2, 0.25) is 16.9 Å². The number of anilines is 1. The molecule has 16 heteroatoms. The summed E-state index contributed by atoms with van der Waals surface area (Å²) >= 11 is 1.43. The van der Waals surface area contributed by atoms with Gasteiger partial charge in [0.15, 0.2) is 0 Å². The Bertz CT molecular complexity index is 1950. The van der Waals surface area contributed by atoms with Gasteiger partial charge in [-0.15, -0.1) is 0 Å². The monoisotopic (exact) mass is 815 g/mol. The third kappa shape index (κ3) is 13.1. The number of nitrogens with zero attached hydrogens (tertiary/aromatic N) is 2. The van der Waals surface area contributed by atoms with Crippen molar-refractivity contribution in [1.29, 1.82) is 0 Å². The lowest BCUT2D eigenvalue weighted by molar-refractivity contribution is -0.142. The van der Waals surface area contributed by atoms with E-state index in [0.29, 0.717) is 81.4 Å². The number of esters is 4. The average molecular weight is 816 g/mol. The number of hydrazone groups is 1. The van der Waals surface area contributed by atoms with Crippen molar-refractivity contribution in [2.45, 2.75) is 64.2 Å². The topological polar surface area (TPSA) is 201 Å². The van der Waals surface area contributed by atoms with Gasteiger partial charge in [0.05, 0.1) is 41.4 Å². The normalized spacial score (nSPS) is 19.0. The molecule has 2 fully saturated rings. The molecule has 58 heavy (non-hydrogen) atoms. The van der Waals surface area contributed by atoms with Crippen molar-refractivity contribution in [2.24, 2.45) is 28.8 Å². The van der Waals surface area contributed by atoms with Crippen LogP contribution in [-0.4, -0.2) is 73.2 Å². The zero-order valence-corrected chi connectivity index (χ0v) is 33.1. The lowest BCUT2D eigenvalue weighted by atomic mass is 9.81. The standard InChI is InChI=1S/C42H49N5O10S/c1-3-36(48)54-23-8-7-21-43-38(50)27-13-17-30(18-14-27)41(53)57-34-20-19-32(25-31(34)26-45-47-42-46-33-9-5-6-10-35(33)58-42)56-40(52)29-15-11-28(12-16-29)39(51)44-22-24-55-37(49)4-2/h3-6,9-10,19-20,25-30H,1-2,7-8,11-18,21-24H2,(H,43,50)(H,44,51)(H,46,47)/b45-26+. The summed E-state index contributed by atoms with van der Waals surface area (Å²) in [7, 11) is 0. The Balaban J connectivity index is 1.15.